The van der Waals surface area contributed by atoms with Gasteiger partial charge in [-0.15, -0.1) is 0 Å². The predicted octanol–water partition coefficient (Wildman–Crippen LogP) is 2.62. The molecular formula is C17H31N3O. The Hall–Kier alpha value is -0.970. The highest BCUT2D eigenvalue weighted by Crippen LogP contribution is 2.02. The highest BCUT2D eigenvalue weighted by atomic mass is 16.5. The summed E-state index contributed by atoms with van der Waals surface area (Å²) in [4.78, 5) is 6.98. The first-order valence-corrected chi connectivity index (χ1v) is 8.09. The number of nitrogens with one attached hydrogen (secondary N) is 1. The average molecular weight is 293 g/mol. The van der Waals surface area contributed by atoms with E-state index in [-0.39, 0.29) is 0 Å². The maximum Gasteiger partial charge on any atom is 0.0547 e. The molecular weight excluding hydrogens is 262 g/mol. The lowest BCUT2D eigenvalue weighted by molar-refractivity contribution is 0.0770. The number of rotatable bonds is 11. The molecule has 0 radical (unpaired) electrons. The van der Waals surface area contributed by atoms with Crippen molar-refractivity contribution in [1.82, 2.24) is 15.2 Å². The van der Waals surface area contributed by atoms with Crippen molar-refractivity contribution in [3.63, 3.8) is 0 Å². The van der Waals surface area contributed by atoms with Crippen LogP contribution in [0.3, 0.4) is 0 Å². The van der Waals surface area contributed by atoms with Gasteiger partial charge in [-0.25, -0.2) is 0 Å². The van der Waals surface area contributed by atoms with Crippen molar-refractivity contribution in [2.75, 3.05) is 32.8 Å². The molecule has 1 N–H and O–H groups in total. The van der Waals surface area contributed by atoms with E-state index in [4.69, 9.17) is 4.74 Å². The van der Waals surface area contributed by atoms with E-state index in [9.17, 15) is 0 Å². The van der Waals surface area contributed by atoms with Gasteiger partial charge in [-0.1, -0.05) is 13.0 Å². The zero-order valence-electron chi connectivity index (χ0n) is 14.1. The van der Waals surface area contributed by atoms with Crippen LogP contribution < -0.4 is 5.32 Å². The van der Waals surface area contributed by atoms with Crippen molar-refractivity contribution in [1.29, 1.82) is 0 Å². The molecule has 1 heterocycles. The zero-order chi connectivity index (χ0) is 15.5. The maximum atomic E-state index is 5.52. The highest BCUT2D eigenvalue weighted by Gasteiger charge is 2.04. The molecule has 4 heteroatoms. The minimum atomic E-state index is 0.336. The summed E-state index contributed by atoms with van der Waals surface area (Å²) in [5.74, 6) is 0. The maximum absolute atomic E-state index is 5.52. The van der Waals surface area contributed by atoms with Gasteiger partial charge in [0.1, 0.15) is 0 Å². The molecule has 0 aliphatic heterocycles. The largest absolute Gasteiger partial charge is 0.379 e. The van der Waals surface area contributed by atoms with Crippen molar-refractivity contribution in [2.24, 2.45) is 0 Å². The van der Waals surface area contributed by atoms with Gasteiger partial charge in [-0.05, 0) is 52.4 Å². The summed E-state index contributed by atoms with van der Waals surface area (Å²) in [5.41, 5.74) is 2.24. The molecule has 0 spiro atoms. The van der Waals surface area contributed by atoms with Crippen LogP contribution in [-0.4, -0.2) is 48.8 Å². The standard InChI is InChI=1S/C17H31N3O/c1-5-20(14-17-9-6-8-16(4)19-17)12-11-18-10-7-13-21-15(2)3/h6,8-9,15,18H,5,7,10-14H2,1-4H3. The Bertz CT molecular complexity index is 382. The van der Waals surface area contributed by atoms with Crippen LogP contribution in [0.4, 0.5) is 0 Å². The van der Waals surface area contributed by atoms with Crippen molar-refractivity contribution in [3.8, 4) is 0 Å². The van der Waals surface area contributed by atoms with Gasteiger partial charge in [-0.3, -0.25) is 9.88 Å². The average Bonchev–Trinajstić information content (AvgIpc) is 2.44. The number of likely N-dealkylation sites (N-methyl/N-ethyl adjacent to an activating group) is 1. The van der Waals surface area contributed by atoms with Gasteiger partial charge in [0.05, 0.1) is 11.8 Å². The quantitative estimate of drug-likeness (QED) is 0.636. The molecule has 0 bridgehead atoms. The lowest BCUT2D eigenvalue weighted by Crippen LogP contribution is -2.32. The molecule has 0 aliphatic carbocycles. The Labute approximate surface area is 129 Å². The van der Waals surface area contributed by atoms with Crippen LogP contribution in [0.15, 0.2) is 18.2 Å². The van der Waals surface area contributed by atoms with Crippen LogP contribution in [0.25, 0.3) is 0 Å². The summed E-state index contributed by atoms with van der Waals surface area (Å²) in [6.07, 6.45) is 1.41. The van der Waals surface area contributed by atoms with Crippen LogP contribution in [0.1, 0.15) is 38.6 Å². The third-order valence-electron chi connectivity index (χ3n) is 3.33. The molecule has 0 aliphatic rings. The minimum absolute atomic E-state index is 0.336. The smallest absolute Gasteiger partial charge is 0.0547 e. The Balaban J connectivity index is 2.14. The van der Waals surface area contributed by atoms with Gasteiger partial charge in [0.25, 0.3) is 0 Å². The second-order valence-electron chi connectivity index (χ2n) is 5.66. The van der Waals surface area contributed by atoms with Crippen LogP contribution in [0.2, 0.25) is 0 Å². The highest BCUT2D eigenvalue weighted by molar-refractivity contribution is 5.09. The summed E-state index contributed by atoms with van der Waals surface area (Å²) in [6, 6.07) is 6.23. The summed E-state index contributed by atoms with van der Waals surface area (Å²) in [5, 5.41) is 3.48. The van der Waals surface area contributed by atoms with Crippen molar-refractivity contribution in [3.05, 3.63) is 29.6 Å². The predicted molar refractivity (Wildman–Crippen MR) is 88.5 cm³/mol. The van der Waals surface area contributed by atoms with E-state index in [1.807, 2.05) is 13.0 Å². The fourth-order valence-electron chi connectivity index (χ4n) is 2.14. The van der Waals surface area contributed by atoms with E-state index in [0.29, 0.717) is 6.10 Å². The molecule has 0 fully saturated rings. The Morgan fingerprint density at radius 1 is 1.29 bits per heavy atom. The summed E-state index contributed by atoms with van der Waals surface area (Å²) in [6.45, 7) is 14.3. The number of ether oxygens (including phenoxy) is 1. The van der Waals surface area contributed by atoms with Crippen LogP contribution in [0, 0.1) is 6.92 Å². The first kappa shape index (κ1) is 18.1. The second-order valence-corrected chi connectivity index (χ2v) is 5.66. The molecule has 1 aromatic heterocycles. The van der Waals surface area contributed by atoms with E-state index in [1.54, 1.807) is 0 Å². The zero-order valence-corrected chi connectivity index (χ0v) is 14.1. The van der Waals surface area contributed by atoms with Gasteiger partial charge in [0.2, 0.25) is 0 Å². The summed E-state index contributed by atoms with van der Waals surface area (Å²) >= 11 is 0. The summed E-state index contributed by atoms with van der Waals surface area (Å²) in [7, 11) is 0. The Kier molecular flexibility index (Phi) is 9.22. The molecule has 21 heavy (non-hydrogen) atoms. The second kappa shape index (κ2) is 10.7. The Morgan fingerprint density at radius 2 is 2.10 bits per heavy atom. The van der Waals surface area contributed by atoms with Crippen molar-refractivity contribution >= 4 is 0 Å². The molecule has 0 unspecified atom stereocenters. The molecule has 1 aromatic rings. The third kappa shape index (κ3) is 8.81. The number of hydrogen-bond donors (Lipinski definition) is 1. The van der Waals surface area contributed by atoms with Crippen molar-refractivity contribution in [2.45, 2.75) is 46.8 Å². The number of hydrogen-bond acceptors (Lipinski definition) is 4. The number of aryl methyl sites for hydroxylation is 1. The van der Waals surface area contributed by atoms with Crippen LogP contribution in [-0.2, 0) is 11.3 Å². The monoisotopic (exact) mass is 293 g/mol. The number of pyridine rings is 1. The van der Waals surface area contributed by atoms with Crippen LogP contribution in [0.5, 0.6) is 0 Å². The SMILES string of the molecule is CCN(CCNCCCOC(C)C)Cc1cccc(C)n1. The third-order valence-corrected chi connectivity index (χ3v) is 3.33. The van der Waals surface area contributed by atoms with E-state index < -0.39 is 0 Å². The fraction of sp³-hybridized carbons (Fsp3) is 0.706. The minimum Gasteiger partial charge on any atom is -0.379 e. The van der Waals surface area contributed by atoms with Crippen molar-refractivity contribution < 1.29 is 4.74 Å². The van der Waals surface area contributed by atoms with Crippen LogP contribution >= 0.6 is 0 Å². The lowest BCUT2D eigenvalue weighted by atomic mass is 10.3. The molecule has 120 valence electrons. The fourth-order valence-corrected chi connectivity index (χ4v) is 2.14. The van der Waals surface area contributed by atoms with E-state index >= 15 is 0 Å². The van der Waals surface area contributed by atoms with Gasteiger partial charge >= 0.3 is 0 Å². The molecule has 4 nitrogen and oxygen atoms in total. The first-order chi connectivity index (χ1) is 10.1. The number of aromatic nitrogens is 1. The first-order valence-electron chi connectivity index (χ1n) is 8.09. The van der Waals surface area contributed by atoms with E-state index in [0.717, 1.165) is 57.1 Å². The Morgan fingerprint density at radius 3 is 2.76 bits per heavy atom. The normalized spacial score (nSPS) is 11.5. The van der Waals surface area contributed by atoms with Gasteiger partial charge < -0.3 is 10.1 Å². The molecule has 0 saturated carbocycles. The topological polar surface area (TPSA) is 37.4 Å². The molecule has 0 atom stereocenters. The number of nitrogens with zero attached hydrogens (tertiary/aromatic N) is 2. The van der Waals surface area contributed by atoms with Gasteiger partial charge in [-0.2, -0.15) is 0 Å². The lowest BCUT2D eigenvalue weighted by Gasteiger charge is -2.20. The van der Waals surface area contributed by atoms with Gasteiger partial charge in [0.15, 0.2) is 0 Å². The molecule has 1 rings (SSSR count). The molecule has 0 aromatic carbocycles. The summed E-state index contributed by atoms with van der Waals surface area (Å²) < 4.78 is 5.52. The molecule has 0 amide bonds. The van der Waals surface area contributed by atoms with E-state index in [2.05, 4.69) is 48.1 Å². The van der Waals surface area contributed by atoms with Gasteiger partial charge in [0, 0.05) is 31.9 Å². The molecule has 0 saturated heterocycles. The van der Waals surface area contributed by atoms with E-state index in [1.165, 1.54) is 0 Å².